The maximum atomic E-state index is 12.1. The molecule has 0 atom stereocenters. The number of nitrogens with one attached hydrogen (secondary N) is 1. The van der Waals surface area contributed by atoms with Crippen molar-refractivity contribution in [1.82, 2.24) is 14.9 Å². The van der Waals surface area contributed by atoms with Crippen LogP contribution in [0.15, 0.2) is 24.3 Å². The largest absolute Gasteiger partial charge is 0.401 e. The smallest absolute Gasteiger partial charge is 0.327 e. The molecule has 0 unspecified atom stereocenters. The number of para-hydroxylation sites is 2. The molecule has 0 fully saturated rings. The number of nitrogens with zero attached hydrogens (tertiary/aromatic N) is 2. The molecule has 6 heteroatoms. The summed E-state index contributed by atoms with van der Waals surface area (Å²) in [5, 5.41) is 2.42. The molecule has 3 nitrogen and oxygen atoms in total. The lowest BCUT2D eigenvalue weighted by Crippen LogP contribution is -2.31. The van der Waals surface area contributed by atoms with E-state index in [-0.39, 0.29) is 6.54 Å². The number of hydrogen-bond donors (Lipinski definition) is 1. The zero-order chi connectivity index (χ0) is 14.6. The van der Waals surface area contributed by atoms with Crippen LogP contribution in [-0.4, -0.2) is 28.8 Å². The maximum Gasteiger partial charge on any atom is 0.401 e. The number of benzene rings is 1. The van der Waals surface area contributed by atoms with E-state index in [1.165, 1.54) is 0 Å². The Morgan fingerprint density at radius 3 is 2.70 bits per heavy atom. The molecular weight excluding hydrogens is 267 g/mol. The number of halogens is 3. The van der Waals surface area contributed by atoms with E-state index in [1.807, 2.05) is 28.8 Å². The Labute approximate surface area is 115 Å². The van der Waals surface area contributed by atoms with Crippen LogP contribution in [0.5, 0.6) is 0 Å². The standard InChI is InChI=1S/C14H18F3N3/c1-2-5-13-19-11-6-3-4-7-12(11)20(13)9-8-18-10-14(15,16)17/h3-4,6-7,18H,2,5,8-10H2,1H3. The summed E-state index contributed by atoms with van der Waals surface area (Å²) in [4.78, 5) is 4.54. The predicted molar refractivity (Wildman–Crippen MR) is 72.7 cm³/mol. The average Bonchev–Trinajstić information content (AvgIpc) is 2.72. The van der Waals surface area contributed by atoms with E-state index in [0.29, 0.717) is 6.54 Å². The molecule has 2 aromatic rings. The first-order valence-electron chi connectivity index (χ1n) is 6.73. The normalized spacial score (nSPS) is 12.2. The Morgan fingerprint density at radius 1 is 1.25 bits per heavy atom. The van der Waals surface area contributed by atoms with E-state index in [4.69, 9.17) is 0 Å². The third-order valence-electron chi connectivity index (χ3n) is 3.04. The Kier molecular flexibility index (Phi) is 4.65. The molecule has 0 aliphatic heterocycles. The van der Waals surface area contributed by atoms with Gasteiger partial charge in [0.1, 0.15) is 5.82 Å². The number of aromatic nitrogens is 2. The van der Waals surface area contributed by atoms with E-state index >= 15 is 0 Å². The third kappa shape index (κ3) is 3.72. The average molecular weight is 285 g/mol. The summed E-state index contributed by atoms with van der Waals surface area (Å²) in [6, 6.07) is 7.70. The fourth-order valence-electron chi connectivity index (χ4n) is 2.21. The van der Waals surface area contributed by atoms with Gasteiger partial charge in [-0.2, -0.15) is 13.2 Å². The Hall–Kier alpha value is -1.56. The zero-order valence-electron chi connectivity index (χ0n) is 11.4. The maximum absolute atomic E-state index is 12.1. The molecule has 1 heterocycles. The molecule has 0 saturated heterocycles. The molecule has 0 amide bonds. The van der Waals surface area contributed by atoms with E-state index in [2.05, 4.69) is 17.2 Å². The quantitative estimate of drug-likeness (QED) is 0.826. The van der Waals surface area contributed by atoms with Crippen molar-refractivity contribution in [3.8, 4) is 0 Å². The van der Waals surface area contributed by atoms with Crippen LogP contribution < -0.4 is 5.32 Å². The van der Waals surface area contributed by atoms with E-state index < -0.39 is 12.7 Å². The molecule has 1 N–H and O–H groups in total. The third-order valence-corrected chi connectivity index (χ3v) is 3.04. The van der Waals surface area contributed by atoms with Crippen LogP contribution in [0.1, 0.15) is 19.2 Å². The van der Waals surface area contributed by atoms with Crippen molar-refractivity contribution in [2.75, 3.05) is 13.1 Å². The first-order chi connectivity index (χ1) is 9.51. The van der Waals surface area contributed by atoms with Crippen molar-refractivity contribution in [2.45, 2.75) is 32.5 Å². The summed E-state index contributed by atoms with van der Waals surface area (Å²) in [5.74, 6) is 0.933. The SMILES string of the molecule is CCCc1nc2ccccc2n1CCNCC(F)(F)F. The highest BCUT2D eigenvalue weighted by atomic mass is 19.4. The van der Waals surface area contributed by atoms with Gasteiger partial charge in [-0.3, -0.25) is 0 Å². The van der Waals surface area contributed by atoms with Crippen molar-refractivity contribution in [3.63, 3.8) is 0 Å². The molecule has 2 rings (SSSR count). The van der Waals surface area contributed by atoms with E-state index in [0.717, 1.165) is 29.7 Å². The lowest BCUT2D eigenvalue weighted by Gasteiger charge is -2.11. The minimum atomic E-state index is -4.16. The van der Waals surface area contributed by atoms with E-state index in [9.17, 15) is 13.2 Å². The van der Waals surface area contributed by atoms with Crippen LogP contribution in [0, 0.1) is 0 Å². The summed E-state index contributed by atoms with van der Waals surface area (Å²) < 4.78 is 38.3. The highest BCUT2D eigenvalue weighted by molar-refractivity contribution is 5.75. The van der Waals surface area contributed by atoms with Crippen LogP contribution in [0.2, 0.25) is 0 Å². The highest BCUT2D eigenvalue weighted by Crippen LogP contribution is 2.17. The first kappa shape index (κ1) is 14.8. The number of aryl methyl sites for hydroxylation is 1. The summed E-state index contributed by atoms with van der Waals surface area (Å²) >= 11 is 0. The monoisotopic (exact) mass is 285 g/mol. The molecule has 110 valence electrons. The van der Waals surface area contributed by atoms with Crippen molar-refractivity contribution in [3.05, 3.63) is 30.1 Å². The molecule has 0 bridgehead atoms. The van der Waals surface area contributed by atoms with Gasteiger partial charge in [0, 0.05) is 19.5 Å². The van der Waals surface area contributed by atoms with Gasteiger partial charge < -0.3 is 9.88 Å². The van der Waals surface area contributed by atoms with Crippen molar-refractivity contribution in [2.24, 2.45) is 0 Å². The second kappa shape index (κ2) is 6.26. The predicted octanol–water partition coefficient (Wildman–Crippen LogP) is 3.14. The van der Waals surface area contributed by atoms with Crippen LogP contribution in [0.25, 0.3) is 11.0 Å². The molecule has 0 spiro atoms. The van der Waals surface area contributed by atoms with Gasteiger partial charge in [0.05, 0.1) is 17.6 Å². The van der Waals surface area contributed by atoms with Crippen LogP contribution >= 0.6 is 0 Å². The fourth-order valence-corrected chi connectivity index (χ4v) is 2.21. The Morgan fingerprint density at radius 2 is 2.00 bits per heavy atom. The molecule has 0 radical (unpaired) electrons. The van der Waals surface area contributed by atoms with Crippen LogP contribution in [-0.2, 0) is 13.0 Å². The van der Waals surface area contributed by atoms with Gasteiger partial charge >= 0.3 is 6.18 Å². The van der Waals surface area contributed by atoms with Crippen molar-refractivity contribution >= 4 is 11.0 Å². The Bertz CT molecular complexity index is 560. The summed E-state index contributed by atoms with van der Waals surface area (Å²) in [5.41, 5.74) is 1.87. The lowest BCUT2D eigenvalue weighted by atomic mass is 10.3. The first-order valence-corrected chi connectivity index (χ1v) is 6.73. The van der Waals surface area contributed by atoms with Crippen molar-refractivity contribution < 1.29 is 13.2 Å². The molecule has 0 aliphatic carbocycles. The number of fused-ring (bicyclic) bond motifs is 1. The van der Waals surface area contributed by atoms with Gasteiger partial charge in [-0.25, -0.2) is 4.98 Å². The minimum absolute atomic E-state index is 0.274. The van der Waals surface area contributed by atoms with Gasteiger partial charge in [-0.15, -0.1) is 0 Å². The van der Waals surface area contributed by atoms with E-state index in [1.54, 1.807) is 0 Å². The number of alkyl halides is 3. The molecular formula is C14H18F3N3. The second-order valence-corrected chi connectivity index (χ2v) is 4.71. The minimum Gasteiger partial charge on any atom is -0.327 e. The topological polar surface area (TPSA) is 29.9 Å². The number of rotatable bonds is 6. The fraction of sp³-hybridized carbons (Fsp3) is 0.500. The van der Waals surface area contributed by atoms with Gasteiger partial charge in [-0.05, 0) is 18.6 Å². The van der Waals surface area contributed by atoms with Crippen molar-refractivity contribution in [1.29, 1.82) is 0 Å². The summed E-state index contributed by atoms with van der Waals surface area (Å²) in [6.45, 7) is 1.87. The van der Waals surface area contributed by atoms with Gasteiger partial charge in [-0.1, -0.05) is 19.1 Å². The number of hydrogen-bond acceptors (Lipinski definition) is 2. The highest BCUT2D eigenvalue weighted by Gasteiger charge is 2.26. The summed E-state index contributed by atoms with van der Waals surface area (Å²) in [7, 11) is 0. The second-order valence-electron chi connectivity index (χ2n) is 4.71. The Balaban J connectivity index is 2.09. The molecule has 0 saturated carbocycles. The zero-order valence-corrected chi connectivity index (χ0v) is 11.4. The number of imidazole rings is 1. The molecule has 20 heavy (non-hydrogen) atoms. The summed E-state index contributed by atoms with van der Waals surface area (Å²) in [6.07, 6.45) is -2.38. The van der Waals surface area contributed by atoms with Crippen LogP contribution in [0.4, 0.5) is 13.2 Å². The molecule has 0 aliphatic rings. The van der Waals surface area contributed by atoms with Gasteiger partial charge in [0.2, 0.25) is 0 Å². The van der Waals surface area contributed by atoms with Crippen LogP contribution in [0.3, 0.4) is 0 Å². The molecule has 1 aromatic carbocycles. The molecule has 1 aromatic heterocycles. The van der Waals surface area contributed by atoms with Gasteiger partial charge in [0.15, 0.2) is 0 Å². The van der Waals surface area contributed by atoms with Gasteiger partial charge in [0.25, 0.3) is 0 Å². The lowest BCUT2D eigenvalue weighted by molar-refractivity contribution is -0.124.